The molecule has 2 aromatic heterocycles. The molecule has 0 bridgehead atoms. The van der Waals surface area contributed by atoms with Crippen molar-refractivity contribution in [3.63, 3.8) is 0 Å². The number of halogens is 1. The maximum absolute atomic E-state index is 13.7. The maximum atomic E-state index is 13.7. The van der Waals surface area contributed by atoms with Gasteiger partial charge in [0.1, 0.15) is 27.9 Å². The normalized spacial score (nSPS) is 10.8. The van der Waals surface area contributed by atoms with E-state index in [1.54, 1.807) is 37.4 Å². The molecule has 0 unspecified atom stereocenters. The molecule has 0 aliphatic rings. The second-order valence-electron chi connectivity index (χ2n) is 7.79. The summed E-state index contributed by atoms with van der Waals surface area (Å²) < 4.78 is 29.4. The number of ether oxygens (including phenoxy) is 2. The van der Waals surface area contributed by atoms with E-state index < -0.39 is 6.09 Å². The van der Waals surface area contributed by atoms with Gasteiger partial charge in [0.2, 0.25) is 5.76 Å². The molecular weight excluding hydrogens is 485 g/mol. The largest absolute Gasteiger partial charge is 0.466 e. The lowest BCUT2D eigenvalue weighted by atomic mass is 10.1. The van der Waals surface area contributed by atoms with Crippen molar-refractivity contribution >= 4 is 29.1 Å². The van der Waals surface area contributed by atoms with E-state index in [0.29, 0.717) is 35.0 Å². The molecule has 186 valence electrons. The van der Waals surface area contributed by atoms with Gasteiger partial charge in [-0.2, -0.15) is 0 Å². The highest BCUT2D eigenvalue weighted by Gasteiger charge is 2.21. The molecule has 0 saturated carbocycles. The molecule has 4 rings (SSSR count). The van der Waals surface area contributed by atoms with Crippen molar-refractivity contribution < 1.29 is 28.0 Å². The van der Waals surface area contributed by atoms with E-state index in [2.05, 4.69) is 15.5 Å². The number of aromatic nitrogens is 2. The predicted molar refractivity (Wildman–Crippen MR) is 133 cm³/mol. The molecule has 0 saturated heterocycles. The third-order valence-corrected chi connectivity index (χ3v) is 6.14. The molecule has 0 fully saturated rings. The number of amides is 1. The van der Waals surface area contributed by atoms with E-state index in [1.807, 2.05) is 24.3 Å². The van der Waals surface area contributed by atoms with Crippen molar-refractivity contribution in [2.24, 2.45) is 0 Å². The number of benzene rings is 2. The van der Waals surface area contributed by atoms with Crippen molar-refractivity contribution in [1.82, 2.24) is 10.1 Å². The second kappa shape index (κ2) is 11.6. The highest BCUT2D eigenvalue weighted by Crippen LogP contribution is 2.34. The quantitative estimate of drug-likeness (QED) is 0.284. The topological polar surface area (TPSA) is 104 Å². The standard InChI is InChI=1S/C26H24FN3O5S/c1-3-33-22(31)14-17-8-10-19(11-9-17)25-28-21(15-36-25)24-23(16(2)30-35-24)29-26(32)34-13-12-18-6-4-5-7-20(18)27/h4-11,15H,3,12-14H2,1-2H3,(H,29,32). The van der Waals surface area contributed by atoms with E-state index in [1.165, 1.54) is 17.4 Å². The summed E-state index contributed by atoms with van der Waals surface area (Å²) in [4.78, 5) is 28.6. The van der Waals surface area contributed by atoms with Crippen LogP contribution in [0.15, 0.2) is 58.4 Å². The highest BCUT2D eigenvalue weighted by molar-refractivity contribution is 7.13. The second-order valence-corrected chi connectivity index (χ2v) is 8.65. The molecule has 1 amide bonds. The lowest BCUT2D eigenvalue weighted by Crippen LogP contribution is -2.16. The Balaban J connectivity index is 1.40. The van der Waals surface area contributed by atoms with Crippen molar-refractivity contribution in [3.05, 3.63) is 76.5 Å². The molecule has 8 nitrogen and oxygen atoms in total. The molecule has 2 aromatic carbocycles. The van der Waals surface area contributed by atoms with Gasteiger partial charge in [0.25, 0.3) is 0 Å². The number of esters is 1. The van der Waals surface area contributed by atoms with Gasteiger partial charge in [-0.15, -0.1) is 11.3 Å². The molecule has 2 heterocycles. The number of nitrogens with one attached hydrogen (secondary N) is 1. The van der Waals surface area contributed by atoms with Crippen LogP contribution in [0.5, 0.6) is 0 Å². The van der Waals surface area contributed by atoms with E-state index in [-0.39, 0.29) is 31.2 Å². The molecule has 0 aliphatic carbocycles. The van der Waals surface area contributed by atoms with Crippen molar-refractivity contribution in [1.29, 1.82) is 0 Å². The third kappa shape index (κ3) is 6.14. The monoisotopic (exact) mass is 509 g/mol. The Kier molecular flexibility index (Phi) is 8.06. The number of anilines is 1. The first-order valence-electron chi connectivity index (χ1n) is 11.3. The van der Waals surface area contributed by atoms with Crippen LogP contribution in [-0.4, -0.2) is 35.4 Å². The zero-order chi connectivity index (χ0) is 25.5. The molecule has 0 radical (unpaired) electrons. The first-order chi connectivity index (χ1) is 17.4. The number of carbonyl (C=O) groups is 2. The van der Waals surface area contributed by atoms with Gasteiger partial charge in [-0.25, -0.2) is 14.2 Å². The molecular formula is C26H24FN3O5S. The van der Waals surface area contributed by atoms with Gasteiger partial charge in [-0.05, 0) is 31.0 Å². The lowest BCUT2D eigenvalue weighted by Gasteiger charge is -2.07. The van der Waals surface area contributed by atoms with Crippen molar-refractivity contribution in [2.45, 2.75) is 26.7 Å². The fourth-order valence-corrected chi connectivity index (χ4v) is 4.25. The average Bonchev–Trinajstić information content (AvgIpc) is 3.48. The number of thiazole rings is 1. The minimum absolute atomic E-state index is 0.0133. The molecule has 0 spiro atoms. The summed E-state index contributed by atoms with van der Waals surface area (Å²) in [6.45, 7) is 3.83. The van der Waals surface area contributed by atoms with Gasteiger partial charge < -0.3 is 14.0 Å². The summed E-state index contributed by atoms with van der Waals surface area (Å²) in [5.74, 6) is -0.306. The van der Waals surface area contributed by atoms with Gasteiger partial charge in [-0.3, -0.25) is 10.1 Å². The average molecular weight is 510 g/mol. The van der Waals surface area contributed by atoms with Crippen LogP contribution >= 0.6 is 11.3 Å². The molecule has 0 aliphatic heterocycles. The Hall–Kier alpha value is -4.05. The van der Waals surface area contributed by atoms with E-state index in [4.69, 9.17) is 14.0 Å². The number of rotatable bonds is 9. The summed E-state index contributed by atoms with van der Waals surface area (Å²) in [6.07, 6.45) is -0.240. The number of nitrogens with zero attached hydrogens (tertiary/aromatic N) is 2. The number of hydrogen-bond donors (Lipinski definition) is 1. The Morgan fingerprint density at radius 3 is 2.64 bits per heavy atom. The van der Waals surface area contributed by atoms with Crippen LogP contribution < -0.4 is 5.32 Å². The van der Waals surface area contributed by atoms with Gasteiger partial charge in [-0.1, -0.05) is 47.6 Å². The minimum Gasteiger partial charge on any atom is -0.466 e. The minimum atomic E-state index is -0.702. The number of aryl methyl sites for hydroxylation is 1. The zero-order valence-corrected chi connectivity index (χ0v) is 20.6. The van der Waals surface area contributed by atoms with Crippen LogP contribution in [0.2, 0.25) is 0 Å². The zero-order valence-electron chi connectivity index (χ0n) is 19.7. The molecule has 0 atom stereocenters. The summed E-state index contributed by atoms with van der Waals surface area (Å²) >= 11 is 1.41. The Bertz CT molecular complexity index is 1350. The Morgan fingerprint density at radius 2 is 1.89 bits per heavy atom. The maximum Gasteiger partial charge on any atom is 0.411 e. The third-order valence-electron chi connectivity index (χ3n) is 5.24. The van der Waals surface area contributed by atoms with Gasteiger partial charge in [0, 0.05) is 17.4 Å². The summed E-state index contributed by atoms with van der Waals surface area (Å²) in [5.41, 5.74) is 3.52. The molecule has 4 aromatic rings. The lowest BCUT2D eigenvalue weighted by molar-refractivity contribution is -0.142. The number of carbonyl (C=O) groups excluding carboxylic acids is 2. The first-order valence-corrected chi connectivity index (χ1v) is 12.2. The fourth-order valence-electron chi connectivity index (χ4n) is 3.44. The molecule has 36 heavy (non-hydrogen) atoms. The first kappa shape index (κ1) is 25.1. The smallest absolute Gasteiger partial charge is 0.411 e. The van der Waals surface area contributed by atoms with Crippen LogP contribution in [0.4, 0.5) is 14.9 Å². The molecule has 1 N–H and O–H groups in total. The van der Waals surface area contributed by atoms with Crippen molar-refractivity contribution in [3.8, 4) is 22.0 Å². The van der Waals surface area contributed by atoms with Gasteiger partial charge >= 0.3 is 12.1 Å². The Morgan fingerprint density at radius 1 is 1.11 bits per heavy atom. The van der Waals surface area contributed by atoms with Crippen molar-refractivity contribution in [2.75, 3.05) is 18.5 Å². The fraction of sp³-hybridized carbons (Fsp3) is 0.231. The van der Waals surface area contributed by atoms with E-state index >= 15 is 0 Å². The van der Waals surface area contributed by atoms with Crippen LogP contribution in [0.25, 0.3) is 22.0 Å². The highest BCUT2D eigenvalue weighted by atomic mass is 32.1. The van der Waals surface area contributed by atoms with Crippen LogP contribution in [0, 0.1) is 12.7 Å². The van der Waals surface area contributed by atoms with Crippen LogP contribution in [0.1, 0.15) is 23.7 Å². The Labute approximate surface area is 211 Å². The van der Waals surface area contributed by atoms with E-state index in [9.17, 15) is 14.0 Å². The molecule has 10 heteroatoms. The van der Waals surface area contributed by atoms with Gasteiger partial charge in [0.05, 0.1) is 19.6 Å². The predicted octanol–water partition coefficient (Wildman–Crippen LogP) is 5.81. The summed E-state index contributed by atoms with van der Waals surface area (Å²) in [7, 11) is 0. The number of hydrogen-bond acceptors (Lipinski definition) is 8. The van der Waals surface area contributed by atoms with E-state index in [0.717, 1.165) is 16.1 Å². The summed E-state index contributed by atoms with van der Waals surface area (Å²) in [6, 6.07) is 13.8. The van der Waals surface area contributed by atoms with Crippen LogP contribution in [-0.2, 0) is 27.1 Å². The SMILES string of the molecule is CCOC(=O)Cc1ccc(-c2nc(-c3onc(C)c3NC(=O)OCCc3ccccc3F)cs2)cc1. The van der Waals surface area contributed by atoms with Crippen LogP contribution in [0.3, 0.4) is 0 Å². The summed E-state index contributed by atoms with van der Waals surface area (Å²) in [5, 5.41) is 9.14. The van der Waals surface area contributed by atoms with Gasteiger partial charge in [0.15, 0.2) is 0 Å².